The Morgan fingerprint density at radius 3 is 2.28 bits per heavy atom. The zero-order valence-corrected chi connectivity index (χ0v) is 62.9. The smallest absolute Gasteiger partial charge is 0.409 e. The number of primary amides is 1. The molecule has 8 rings (SSSR count). The normalized spacial score (nSPS) is 27.1. The van der Waals surface area contributed by atoms with Crippen LogP contribution in [-0.2, 0) is 86.3 Å². The number of benzene rings is 2. The van der Waals surface area contributed by atoms with Crippen molar-refractivity contribution >= 4 is 82.5 Å². The van der Waals surface area contributed by atoms with Crippen molar-refractivity contribution in [3.63, 3.8) is 0 Å². The van der Waals surface area contributed by atoms with Crippen molar-refractivity contribution in [2.24, 2.45) is 52.6 Å². The number of ketones is 2. The van der Waals surface area contributed by atoms with Crippen LogP contribution in [0.1, 0.15) is 156 Å². The number of urea groups is 1. The molecule has 14 atom stereocenters. The molecule has 4 heterocycles. The van der Waals surface area contributed by atoms with Crippen LogP contribution in [0, 0.1) is 46.8 Å². The van der Waals surface area contributed by atoms with Gasteiger partial charge in [0.1, 0.15) is 58.7 Å². The van der Waals surface area contributed by atoms with Gasteiger partial charge in [0.2, 0.25) is 29.5 Å². The van der Waals surface area contributed by atoms with Gasteiger partial charge in [-0.15, -0.1) is 0 Å². The number of epoxide rings is 1. The Morgan fingerprint density at radius 2 is 1.62 bits per heavy atom. The maximum atomic E-state index is 14.5. The Morgan fingerprint density at radius 1 is 0.932 bits per heavy atom. The number of methoxy groups -OCH3 is 2. The van der Waals surface area contributed by atoms with E-state index in [1.54, 1.807) is 62.4 Å². The van der Waals surface area contributed by atoms with Crippen molar-refractivity contribution < 1.29 is 86.3 Å². The van der Waals surface area contributed by atoms with E-state index in [4.69, 9.17) is 45.8 Å². The van der Waals surface area contributed by atoms with E-state index in [0.717, 1.165) is 17.6 Å². The fourth-order valence-corrected chi connectivity index (χ4v) is 15.6. The average molecular weight is 1450 g/mol. The molecule has 2 aliphatic carbocycles. The molecule has 2 aromatic rings. The third-order valence-electron chi connectivity index (χ3n) is 21.7. The minimum absolute atomic E-state index is 0.0157. The molecule has 0 spiro atoms. The lowest BCUT2D eigenvalue weighted by Crippen LogP contribution is -2.53. The highest BCUT2D eigenvalue weighted by molar-refractivity contribution is 6.35. The molecule has 25 nitrogen and oxygen atoms in total. The number of esters is 2. The van der Waals surface area contributed by atoms with E-state index in [1.807, 2.05) is 26.8 Å². The summed E-state index contributed by atoms with van der Waals surface area (Å²) in [6.45, 7) is 17.2. The number of carbonyl (C=O) groups excluding carboxylic acids is 11. The number of nitrogens with one attached hydrogen (secondary N) is 2. The number of nitrogens with zero attached hydrogens (tertiary/aromatic N) is 4. The van der Waals surface area contributed by atoms with Gasteiger partial charge in [-0.2, -0.15) is 0 Å². The maximum Gasteiger partial charge on any atom is 0.409 e. The molecule has 4 aliphatic heterocycles. The van der Waals surface area contributed by atoms with Crippen molar-refractivity contribution in [3.8, 4) is 5.75 Å². The van der Waals surface area contributed by atoms with Crippen LogP contribution in [0.5, 0.6) is 5.75 Å². The van der Waals surface area contributed by atoms with Crippen LogP contribution in [0.15, 0.2) is 71.8 Å². The highest BCUT2D eigenvalue weighted by Crippen LogP contribution is 2.59. The van der Waals surface area contributed by atoms with Crippen LogP contribution in [0.3, 0.4) is 0 Å². The summed E-state index contributed by atoms with van der Waals surface area (Å²) in [6.07, 6.45) is 5.54. The number of ether oxygens (including phenoxy) is 6. The topological polar surface area (TPSA) is 330 Å². The molecule has 5 N–H and O–H groups in total. The lowest BCUT2D eigenvalue weighted by molar-refractivity contribution is -0.187. The number of aliphatic hydroxyl groups is 1. The lowest BCUT2D eigenvalue weighted by atomic mass is 9.72. The van der Waals surface area contributed by atoms with E-state index in [1.165, 1.54) is 67.5 Å². The van der Waals surface area contributed by atoms with Gasteiger partial charge in [-0.1, -0.05) is 119 Å². The predicted octanol–water partition coefficient (Wildman–Crippen LogP) is 8.48. The van der Waals surface area contributed by atoms with Crippen LogP contribution >= 0.6 is 11.6 Å². The minimum atomic E-state index is -1.66. The number of amides is 8. The molecule has 1 saturated carbocycles. The number of fused-ring (bicyclic) bond motifs is 10. The standard InChI is InChI=1S/C77H106ClN7O18/c1-43(2)52(38-51(86)21-16-15-17-30-85-70(92)65-50-36-53(66(65)71(85)93)54(37-50)75(6,7)8)69(91)81-55(22-19-29-80-73(79)95)57(87)34-47-24-26-48(27-25-47)42-100-74(96)82(10)31-28-62(88)83(11)46(5)72(94)102-61-39-63(89)84(12)56-33-49(35-58(98-13)67(56)78)32-44(3)20-18-23-60(99-14)77(97)40-59(101-64(90)41-77)45(4)68-76(61,9)103-68/h18,20,23-27,33,35,37,43,45-46,50,52-53,55,59-61,65-66,68,97H,15-17,19,21-22,28-32,34,36,38-42H2,1-14H3,(H,81,91)(H3,79,80,95)/b23-18+,44-20+/t45-,46+,50?,52+,53?,55+,59+,60-,61+,65?,66?,68+,76+,77-/m1/s1. The molecule has 3 saturated heterocycles. The number of rotatable bonds is 28. The number of hydrogen-bond donors (Lipinski definition) is 4. The number of hydrogen-bond acceptors (Lipinski definition) is 18. The zero-order valence-electron chi connectivity index (χ0n) is 62.1. The maximum absolute atomic E-state index is 14.5. The van der Waals surface area contributed by atoms with E-state index in [2.05, 4.69) is 37.5 Å². The Hall–Kier alpha value is -8.00. The van der Waals surface area contributed by atoms with Crippen molar-refractivity contribution in [2.45, 2.75) is 207 Å². The fourth-order valence-electron chi connectivity index (χ4n) is 15.3. The highest BCUT2D eigenvalue weighted by atomic mass is 35.5. The molecule has 2 aromatic carbocycles. The summed E-state index contributed by atoms with van der Waals surface area (Å²) in [5, 5.41) is 17.6. The first kappa shape index (κ1) is 80.7. The number of carbonyl (C=O) groups is 11. The summed E-state index contributed by atoms with van der Waals surface area (Å²) in [7, 11) is 7.30. The molecule has 4 unspecified atom stereocenters. The number of likely N-dealkylation sites (N-methyl/N-ethyl adjacent to an activating group) is 1. The summed E-state index contributed by atoms with van der Waals surface area (Å²) in [6, 6.07) is 7.38. The van der Waals surface area contributed by atoms with Gasteiger partial charge in [0, 0.05) is 91.8 Å². The van der Waals surface area contributed by atoms with Crippen LogP contribution in [0.4, 0.5) is 15.3 Å². The largest absolute Gasteiger partial charge is 0.495 e. The molecule has 4 fully saturated rings. The first-order chi connectivity index (χ1) is 48.5. The number of nitrogens with two attached hydrogens (primary N) is 1. The minimum Gasteiger partial charge on any atom is -0.495 e. The SMILES string of the molecule is COc1cc2cc(c1Cl)N(C)C(=O)C[C@H](OC(=O)[C@H](C)N(C)C(=O)CCN(C)C(=O)OCc1ccc(CC(=O)[C@H](CCCNC(N)=O)NC(=O)[C@@H](CC(=O)CCCCCN3C(=O)C4C5C=C(C(C)(C)C)C(C5)C4C3=O)C(C)C)cc1)[C@]1(C)O[C@H]1[C@H](C)[C@@H]1C[C@@](O)(CC(=O)O1)[C@H](OC)/C=C/C=C(\C)C2. The van der Waals surface area contributed by atoms with Gasteiger partial charge in [0.25, 0.3) is 0 Å². The Labute approximate surface area is 609 Å². The van der Waals surface area contributed by atoms with Gasteiger partial charge in [-0.05, 0) is 111 Å². The van der Waals surface area contributed by atoms with Gasteiger partial charge >= 0.3 is 24.1 Å². The van der Waals surface area contributed by atoms with Crippen molar-refractivity contribution in [1.82, 2.24) is 25.3 Å². The zero-order chi connectivity index (χ0) is 75.7. The monoisotopic (exact) mass is 1450 g/mol. The molecule has 8 amide bonds. The third kappa shape index (κ3) is 19.5. The van der Waals surface area contributed by atoms with Gasteiger partial charge in [-0.25, -0.2) is 14.4 Å². The van der Waals surface area contributed by atoms with Gasteiger partial charge in [0.15, 0.2) is 5.78 Å². The van der Waals surface area contributed by atoms with Crippen molar-refractivity contribution in [3.05, 3.63) is 93.6 Å². The second kappa shape index (κ2) is 34.3. The molecule has 26 heteroatoms. The molecular weight excluding hydrogens is 1350 g/mol. The van der Waals surface area contributed by atoms with E-state index in [0.29, 0.717) is 61.2 Å². The number of imide groups is 1. The van der Waals surface area contributed by atoms with Gasteiger partial charge in [0.05, 0.1) is 49.6 Å². The van der Waals surface area contributed by atoms with E-state index in [9.17, 15) is 57.8 Å². The number of halogens is 1. The number of allylic oxidation sites excluding steroid dienone is 5. The number of Topliss-reactive ketones (excluding diaryl/α,β-unsaturated/α-hetero) is 2. The first-order valence-electron chi connectivity index (χ1n) is 36.0. The first-order valence-corrected chi connectivity index (χ1v) is 36.3. The summed E-state index contributed by atoms with van der Waals surface area (Å²) >= 11 is 6.86. The van der Waals surface area contributed by atoms with Crippen molar-refractivity contribution in [2.75, 3.05) is 59.9 Å². The summed E-state index contributed by atoms with van der Waals surface area (Å²) in [5.74, 6) is -5.18. The highest BCUT2D eigenvalue weighted by Gasteiger charge is 2.65. The molecular formula is C77H106ClN7O18. The summed E-state index contributed by atoms with van der Waals surface area (Å²) < 4.78 is 35.3. The molecule has 6 bridgehead atoms. The Kier molecular flexibility index (Phi) is 26.9. The van der Waals surface area contributed by atoms with Crippen molar-refractivity contribution in [1.29, 1.82) is 0 Å². The second-order valence-electron chi connectivity index (χ2n) is 30.6. The average Bonchev–Trinajstić information content (AvgIpc) is 1.56. The Bertz CT molecular complexity index is 3620. The molecule has 103 heavy (non-hydrogen) atoms. The van der Waals surface area contributed by atoms with Crippen LogP contribution in [0.2, 0.25) is 5.02 Å². The molecule has 6 aliphatic rings. The van der Waals surface area contributed by atoms with Crippen LogP contribution in [-0.4, -0.2) is 188 Å². The van der Waals surface area contributed by atoms with Gasteiger partial charge in [-0.3, -0.25) is 43.3 Å². The summed E-state index contributed by atoms with van der Waals surface area (Å²) in [4.78, 5) is 154. The van der Waals surface area contributed by atoms with Gasteiger partial charge < -0.3 is 64.6 Å². The number of likely N-dealkylation sites (tertiary alicyclic amines) is 1. The quantitative estimate of drug-likeness (QED) is 0.0155. The molecule has 0 aromatic heterocycles. The third-order valence-corrected chi connectivity index (χ3v) is 22.1. The molecule has 564 valence electrons. The van der Waals surface area contributed by atoms with Crippen LogP contribution < -0.4 is 26.0 Å². The molecule has 0 radical (unpaired) electrons. The van der Waals surface area contributed by atoms with Crippen LogP contribution in [0.25, 0.3) is 0 Å². The summed E-state index contributed by atoms with van der Waals surface area (Å²) in [5.41, 5.74) is 6.68. The van der Waals surface area contributed by atoms with E-state index in [-0.39, 0.29) is 128 Å². The fraction of sp³-hybridized carbons (Fsp3) is 0.623. The Balaban J connectivity index is 0.815. The number of unbranched alkanes of at least 4 members (excludes halogenated alkanes) is 2. The predicted molar refractivity (Wildman–Crippen MR) is 383 cm³/mol. The van der Waals surface area contributed by atoms with E-state index >= 15 is 0 Å². The number of anilines is 1. The lowest BCUT2D eigenvalue weighted by Gasteiger charge is -2.41. The second-order valence-corrected chi connectivity index (χ2v) is 30.9. The van der Waals surface area contributed by atoms with E-state index < -0.39 is 108 Å².